The summed E-state index contributed by atoms with van der Waals surface area (Å²) in [6.45, 7) is 27.9. The van der Waals surface area contributed by atoms with Crippen molar-refractivity contribution in [2.75, 3.05) is 0 Å². The van der Waals surface area contributed by atoms with E-state index in [0.29, 0.717) is 12.6 Å². The first-order chi connectivity index (χ1) is 19.5. The molecule has 5 rings (SSSR count). The Morgan fingerprint density at radius 1 is 0.756 bits per heavy atom. The largest absolute Gasteiger partial charge is 0.364 e. The van der Waals surface area contributed by atoms with Crippen molar-refractivity contribution in [1.82, 2.24) is 19.9 Å². The maximum atomic E-state index is 11.8. The average molecular weight is 567 g/mol. The Kier molecular flexibility index (Phi) is 17.2. The Balaban J connectivity index is 0.000000543. The van der Waals surface area contributed by atoms with Crippen molar-refractivity contribution in [2.45, 2.75) is 121 Å². The van der Waals surface area contributed by atoms with E-state index in [0.717, 1.165) is 34.5 Å². The van der Waals surface area contributed by atoms with Gasteiger partial charge < -0.3 is 14.3 Å². The molecule has 0 unspecified atom stereocenters. The van der Waals surface area contributed by atoms with E-state index in [9.17, 15) is 9.59 Å². The third kappa shape index (κ3) is 10.8. The predicted molar refractivity (Wildman–Crippen MR) is 170 cm³/mol. The number of pyridine rings is 1. The third-order valence-electron chi connectivity index (χ3n) is 6.10. The zero-order valence-electron chi connectivity index (χ0n) is 27.8. The number of hydrogen-bond donors (Lipinski definition) is 0. The van der Waals surface area contributed by atoms with Gasteiger partial charge in [0.1, 0.15) is 6.26 Å². The van der Waals surface area contributed by atoms with Crippen molar-refractivity contribution in [3.63, 3.8) is 0 Å². The first-order valence-electron chi connectivity index (χ1n) is 15.0. The molecule has 7 nitrogen and oxygen atoms in total. The smallest absolute Gasteiger partial charge is 0.256 e. The first-order valence-corrected chi connectivity index (χ1v) is 15.0. The van der Waals surface area contributed by atoms with Crippen LogP contribution in [0.3, 0.4) is 0 Å². The Bertz CT molecular complexity index is 1080. The quantitative estimate of drug-likeness (QED) is 0.310. The summed E-state index contributed by atoms with van der Waals surface area (Å²) in [7, 11) is 0. The zero-order valence-corrected chi connectivity index (χ0v) is 27.8. The number of benzene rings is 1. The zero-order chi connectivity index (χ0) is 31.8. The molecule has 0 N–H and O–H groups in total. The summed E-state index contributed by atoms with van der Waals surface area (Å²) in [4.78, 5) is 31.4. The van der Waals surface area contributed by atoms with Gasteiger partial charge >= 0.3 is 0 Å². The summed E-state index contributed by atoms with van der Waals surface area (Å²) in [5.41, 5.74) is 5.00. The lowest BCUT2D eigenvalue weighted by atomic mass is 9.90. The molecule has 228 valence electrons. The van der Waals surface area contributed by atoms with Gasteiger partial charge in [0.2, 0.25) is 0 Å². The molecule has 2 aliphatic rings. The highest BCUT2D eigenvalue weighted by atomic mass is 16.5. The van der Waals surface area contributed by atoms with Gasteiger partial charge in [-0.05, 0) is 56.9 Å². The molecule has 0 fully saturated rings. The van der Waals surface area contributed by atoms with E-state index in [4.69, 9.17) is 4.52 Å². The molecule has 2 aromatic heterocycles. The van der Waals surface area contributed by atoms with E-state index in [1.54, 1.807) is 24.7 Å². The van der Waals surface area contributed by atoms with E-state index < -0.39 is 0 Å². The lowest BCUT2D eigenvalue weighted by Gasteiger charge is -2.19. The SMILES string of the molecule is CC.CC.CC.CC(C)(C)c1cnoc1.CC(C)N1Cc2ccccc2C1=O.CC(C)N1Cc2ncccc2C1=O. The summed E-state index contributed by atoms with van der Waals surface area (Å²) in [5, 5.41) is 3.61. The second kappa shape index (κ2) is 18.8. The molecule has 4 heterocycles. The van der Waals surface area contributed by atoms with E-state index in [1.165, 1.54) is 0 Å². The lowest BCUT2D eigenvalue weighted by molar-refractivity contribution is 0.0722. The topological polar surface area (TPSA) is 79.5 Å². The van der Waals surface area contributed by atoms with Gasteiger partial charge in [-0.2, -0.15) is 0 Å². The van der Waals surface area contributed by atoms with Crippen molar-refractivity contribution in [3.05, 3.63) is 83.0 Å². The van der Waals surface area contributed by atoms with Crippen molar-refractivity contribution in [2.24, 2.45) is 0 Å². The maximum Gasteiger partial charge on any atom is 0.256 e. The van der Waals surface area contributed by atoms with Crippen molar-refractivity contribution >= 4 is 11.8 Å². The Hall–Kier alpha value is -3.48. The molecule has 0 saturated carbocycles. The maximum absolute atomic E-state index is 11.8. The number of amides is 2. The number of rotatable bonds is 2. The monoisotopic (exact) mass is 566 g/mol. The summed E-state index contributed by atoms with van der Waals surface area (Å²) in [5.74, 6) is 0.281. The van der Waals surface area contributed by atoms with Crippen LogP contribution in [0.25, 0.3) is 0 Å². The molecule has 7 heteroatoms. The molecule has 0 bridgehead atoms. The fourth-order valence-corrected chi connectivity index (χ4v) is 3.83. The third-order valence-corrected chi connectivity index (χ3v) is 6.10. The van der Waals surface area contributed by atoms with Crippen LogP contribution in [0.2, 0.25) is 0 Å². The van der Waals surface area contributed by atoms with Crippen molar-refractivity contribution in [1.29, 1.82) is 0 Å². The van der Waals surface area contributed by atoms with Crippen LogP contribution in [0.15, 0.2) is 59.6 Å². The molecule has 0 atom stereocenters. The molecular formula is C34H54N4O3. The first kappa shape index (κ1) is 37.5. The van der Waals surface area contributed by atoms with E-state index in [-0.39, 0.29) is 23.3 Å². The fraction of sp³-hybridized carbons (Fsp3) is 0.529. The van der Waals surface area contributed by atoms with Crippen LogP contribution in [0.5, 0.6) is 0 Å². The average Bonchev–Trinajstić information content (AvgIpc) is 3.72. The highest BCUT2D eigenvalue weighted by Crippen LogP contribution is 2.24. The minimum absolute atomic E-state index is 0.109. The standard InChI is InChI=1S/C11H13NO.C10H12N2O.C7H11NO.3C2H6/c1-8(2)12-7-9-5-3-4-6-10(9)11(12)13;1-7(2)12-6-9-8(10(12)13)4-3-5-11-9;1-7(2,3)6-4-8-9-5-6;3*1-2/h3-6,8H,7H2,1-2H3;3-5,7H,6H2,1-2H3;4-5H,1-3H3;3*1-2H3. The lowest BCUT2D eigenvalue weighted by Crippen LogP contribution is -2.30. The summed E-state index contributed by atoms with van der Waals surface area (Å²) < 4.78 is 4.69. The van der Waals surface area contributed by atoms with Crippen LogP contribution < -0.4 is 0 Å². The molecule has 2 aliphatic heterocycles. The van der Waals surface area contributed by atoms with Gasteiger partial charge in [0.15, 0.2) is 0 Å². The van der Waals surface area contributed by atoms with Crippen LogP contribution in [0.4, 0.5) is 0 Å². The molecular weight excluding hydrogens is 512 g/mol. The van der Waals surface area contributed by atoms with Gasteiger partial charge in [-0.15, -0.1) is 0 Å². The summed E-state index contributed by atoms with van der Waals surface area (Å²) in [6.07, 6.45) is 5.16. The van der Waals surface area contributed by atoms with Crippen molar-refractivity contribution in [3.8, 4) is 0 Å². The molecule has 2 amide bonds. The number of hydrogen-bond acceptors (Lipinski definition) is 5. The van der Waals surface area contributed by atoms with Gasteiger partial charge in [0, 0.05) is 36.0 Å². The highest BCUT2D eigenvalue weighted by molar-refractivity contribution is 5.98. The van der Waals surface area contributed by atoms with Crippen molar-refractivity contribution < 1.29 is 14.1 Å². The molecule has 0 radical (unpaired) electrons. The van der Waals surface area contributed by atoms with Gasteiger partial charge in [-0.25, -0.2) is 0 Å². The van der Waals surface area contributed by atoms with Gasteiger partial charge in [0.25, 0.3) is 11.8 Å². The number of carbonyl (C=O) groups is 2. The molecule has 3 aromatic rings. The normalized spacial score (nSPS) is 12.8. The van der Waals surface area contributed by atoms with Crippen LogP contribution >= 0.6 is 0 Å². The van der Waals surface area contributed by atoms with Gasteiger partial charge in [0.05, 0.1) is 24.0 Å². The van der Waals surface area contributed by atoms with Gasteiger partial charge in [-0.3, -0.25) is 14.6 Å². The number of nitrogens with zero attached hydrogens (tertiary/aromatic N) is 4. The Labute approximate surface area is 249 Å². The highest BCUT2D eigenvalue weighted by Gasteiger charge is 2.29. The van der Waals surface area contributed by atoms with Crippen LogP contribution in [-0.2, 0) is 18.5 Å². The second-order valence-corrected chi connectivity index (χ2v) is 10.4. The number of aromatic nitrogens is 2. The molecule has 41 heavy (non-hydrogen) atoms. The number of fused-ring (bicyclic) bond motifs is 2. The van der Waals surface area contributed by atoms with Crippen LogP contribution in [-0.4, -0.2) is 43.8 Å². The summed E-state index contributed by atoms with van der Waals surface area (Å²) >= 11 is 0. The minimum atomic E-state index is 0.109. The van der Waals surface area contributed by atoms with Gasteiger partial charge in [-0.1, -0.05) is 85.7 Å². The molecule has 0 spiro atoms. The van der Waals surface area contributed by atoms with E-state index in [2.05, 4.69) is 30.9 Å². The molecule has 1 aromatic carbocycles. The van der Waals surface area contributed by atoms with Crippen LogP contribution in [0, 0.1) is 0 Å². The minimum Gasteiger partial charge on any atom is -0.364 e. The van der Waals surface area contributed by atoms with E-state index >= 15 is 0 Å². The Morgan fingerprint density at radius 2 is 1.27 bits per heavy atom. The van der Waals surface area contributed by atoms with E-state index in [1.807, 2.05) is 109 Å². The van der Waals surface area contributed by atoms with Crippen LogP contribution in [0.1, 0.15) is 128 Å². The molecule has 0 saturated heterocycles. The second-order valence-electron chi connectivity index (χ2n) is 10.4. The molecule has 0 aliphatic carbocycles. The predicted octanol–water partition coefficient (Wildman–Crippen LogP) is 8.55. The summed E-state index contributed by atoms with van der Waals surface area (Å²) in [6, 6.07) is 12.0. The fourth-order valence-electron chi connectivity index (χ4n) is 3.83. The Morgan fingerprint density at radius 3 is 1.71 bits per heavy atom. The number of carbonyl (C=O) groups excluding carboxylic acids is 2.